The zero-order chi connectivity index (χ0) is 14.4. The molecular weight excluding hydrogens is 240 g/mol. The molecule has 0 N–H and O–H groups in total. The van der Waals surface area contributed by atoms with E-state index in [0.29, 0.717) is 16.7 Å². The van der Waals surface area contributed by atoms with E-state index in [1.807, 2.05) is 0 Å². The molecule has 0 amide bonds. The molecule has 0 saturated carbocycles. The van der Waals surface area contributed by atoms with Gasteiger partial charge in [0.05, 0.1) is 0 Å². The largest absolute Gasteiger partial charge is 0.0801 e. The van der Waals surface area contributed by atoms with Crippen molar-refractivity contribution in [2.75, 3.05) is 0 Å². The number of hydrogen-bond donors (Lipinski definition) is 0. The van der Waals surface area contributed by atoms with E-state index in [-0.39, 0.29) is 0 Å². The van der Waals surface area contributed by atoms with Crippen molar-refractivity contribution in [3.63, 3.8) is 0 Å². The van der Waals surface area contributed by atoms with Crippen LogP contribution in [-0.2, 0) is 0 Å². The fraction of sp³-hybridized carbons (Fsp3) is 0.600. The molecule has 0 aliphatic heterocycles. The van der Waals surface area contributed by atoms with Crippen LogP contribution in [0.5, 0.6) is 0 Å². The number of rotatable bonds is 3. The standard InChI is InChI=1S/C20H28/c1-5-7-15-10-11-16(14-15)20(4)13-12-19(2,3)17-8-6-9-18(17)20/h6,8,10-11,14,16H,5,7,9,12-13H2,1-4H3. The van der Waals surface area contributed by atoms with Crippen LogP contribution in [0, 0.1) is 16.7 Å². The quantitative estimate of drug-likeness (QED) is 0.590. The Balaban J connectivity index is 1.95. The first-order valence-electron chi connectivity index (χ1n) is 8.27. The Morgan fingerprint density at radius 2 is 1.95 bits per heavy atom. The van der Waals surface area contributed by atoms with Gasteiger partial charge in [0.1, 0.15) is 0 Å². The molecule has 0 saturated heterocycles. The average Bonchev–Trinajstić information content (AvgIpc) is 3.04. The van der Waals surface area contributed by atoms with Gasteiger partial charge in [-0.3, -0.25) is 0 Å². The lowest BCUT2D eigenvalue weighted by Crippen LogP contribution is -2.35. The minimum atomic E-state index is 0.348. The predicted molar refractivity (Wildman–Crippen MR) is 87.5 cm³/mol. The molecule has 0 aromatic carbocycles. The van der Waals surface area contributed by atoms with Crippen molar-refractivity contribution >= 4 is 0 Å². The fourth-order valence-electron chi connectivity index (χ4n) is 4.33. The molecular formula is C20H28. The second-order valence-corrected chi connectivity index (χ2v) is 7.68. The van der Waals surface area contributed by atoms with Crippen LogP contribution >= 0.6 is 0 Å². The van der Waals surface area contributed by atoms with Crippen LogP contribution in [0.2, 0.25) is 0 Å². The predicted octanol–water partition coefficient (Wildman–Crippen LogP) is 5.98. The summed E-state index contributed by atoms with van der Waals surface area (Å²) < 4.78 is 0. The highest BCUT2D eigenvalue weighted by molar-refractivity contribution is 5.46. The van der Waals surface area contributed by atoms with Gasteiger partial charge in [0, 0.05) is 5.92 Å². The van der Waals surface area contributed by atoms with Gasteiger partial charge < -0.3 is 0 Å². The first-order valence-corrected chi connectivity index (χ1v) is 8.27. The Labute approximate surface area is 124 Å². The van der Waals surface area contributed by atoms with Gasteiger partial charge in [-0.2, -0.15) is 0 Å². The van der Waals surface area contributed by atoms with Crippen molar-refractivity contribution < 1.29 is 0 Å². The molecule has 2 unspecified atom stereocenters. The minimum Gasteiger partial charge on any atom is -0.0801 e. The van der Waals surface area contributed by atoms with Crippen molar-refractivity contribution in [3.8, 4) is 0 Å². The lowest BCUT2D eigenvalue weighted by Gasteiger charge is -2.45. The Morgan fingerprint density at radius 3 is 2.70 bits per heavy atom. The van der Waals surface area contributed by atoms with Crippen LogP contribution in [0.4, 0.5) is 0 Å². The van der Waals surface area contributed by atoms with E-state index in [2.05, 4.69) is 58.1 Å². The molecule has 0 nitrogen and oxygen atoms in total. The summed E-state index contributed by atoms with van der Waals surface area (Å²) in [5, 5.41) is 0. The smallest absolute Gasteiger partial charge is 0.00470 e. The fourth-order valence-corrected chi connectivity index (χ4v) is 4.33. The highest BCUT2D eigenvalue weighted by atomic mass is 14.5. The van der Waals surface area contributed by atoms with Gasteiger partial charge in [-0.1, -0.05) is 75.6 Å². The summed E-state index contributed by atoms with van der Waals surface area (Å²) in [6.45, 7) is 9.61. The lowest BCUT2D eigenvalue weighted by molar-refractivity contribution is 0.217. The van der Waals surface area contributed by atoms with Crippen molar-refractivity contribution in [2.45, 2.75) is 59.8 Å². The topological polar surface area (TPSA) is 0 Å². The molecule has 0 heterocycles. The van der Waals surface area contributed by atoms with Crippen molar-refractivity contribution in [2.24, 2.45) is 16.7 Å². The highest BCUT2D eigenvalue weighted by Gasteiger charge is 2.45. The molecule has 0 spiro atoms. The zero-order valence-corrected chi connectivity index (χ0v) is 13.5. The van der Waals surface area contributed by atoms with E-state index in [1.54, 1.807) is 16.7 Å². The second kappa shape index (κ2) is 4.76. The minimum absolute atomic E-state index is 0.348. The van der Waals surface area contributed by atoms with Crippen LogP contribution < -0.4 is 0 Å². The van der Waals surface area contributed by atoms with E-state index < -0.39 is 0 Å². The molecule has 0 radical (unpaired) electrons. The molecule has 2 atom stereocenters. The lowest BCUT2D eigenvalue weighted by atomic mass is 9.58. The van der Waals surface area contributed by atoms with Gasteiger partial charge in [-0.25, -0.2) is 0 Å². The molecule has 20 heavy (non-hydrogen) atoms. The maximum Gasteiger partial charge on any atom is 0.00470 e. The van der Waals surface area contributed by atoms with Crippen LogP contribution in [0.3, 0.4) is 0 Å². The summed E-state index contributed by atoms with van der Waals surface area (Å²) in [5.74, 6) is 0.616. The zero-order valence-electron chi connectivity index (χ0n) is 13.5. The van der Waals surface area contributed by atoms with Crippen LogP contribution in [0.15, 0.2) is 47.1 Å². The molecule has 0 bridgehead atoms. The summed E-state index contributed by atoms with van der Waals surface area (Å²) in [7, 11) is 0. The van der Waals surface area contributed by atoms with E-state index in [0.717, 1.165) is 0 Å². The van der Waals surface area contributed by atoms with Gasteiger partial charge in [0.25, 0.3) is 0 Å². The molecule has 3 aliphatic rings. The van der Waals surface area contributed by atoms with Crippen molar-refractivity contribution in [3.05, 3.63) is 47.1 Å². The third-order valence-corrected chi connectivity index (χ3v) is 5.81. The summed E-state index contributed by atoms with van der Waals surface area (Å²) in [6.07, 6.45) is 18.5. The Morgan fingerprint density at radius 1 is 1.15 bits per heavy atom. The van der Waals surface area contributed by atoms with E-state index in [4.69, 9.17) is 0 Å². The van der Waals surface area contributed by atoms with Gasteiger partial charge in [0.2, 0.25) is 0 Å². The molecule has 0 aromatic rings. The average molecular weight is 268 g/mol. The summed E-state index contributed by atoms with van der Waals surface area (Å²) >= 11 is 0. The molecule has 0 aromatic heterocycles. The maximum absolute atomic E-state index is 2.55. The van der Waals surface area contributed by atoms with Crippen LogP contribution in [0.1, 0.15) is 59.8 Å². The Kier molecular flexibility index (Phi) is 3.31. The molecule has 0 fully saturated rings. The van der Waals surface area contributed by atoms with Gasteiger partial charge in [-0.05, 0) is 42.1 Å². The Hall–Kier alpha value is -1.04. The summed E-state index contributed by atoms with van der Waals surface area (Å²) in [6, 6.07) is 0. The molecule has 108 valence electrons. The first-order chi connectivity index (χ1) is 9.47. The first kappa shape index (κ1) is 13.9. The summed E-state index contributed by atoms with van der Waals surface area (Å²) in [4.78, 5) is 0. The van der Waals surface area contributed by atoms with Crippen LogP contribution in [0.25, 0.3) is 0 Å². The van der Waals surface area contributed by atoms with E-state index in [1.165, 1.54) is 32.1 Å². The third-order valence-electron chi connectivity index (χ3n) is 5.81. The number of allylic oxidation sites excluding steroid dienone is 8. The number of hydrogen-bond acceptors (Lipinski definition) is 0. The van der Waals surface area contributed by atoms with Gasteiger partial charge in [0.15, 0.2) is 0 Å². The normalized spacial score (nSPS) is 34.6. The molecule has 3 rings (SSSR count). The van der Waals surface area contributed by atoms with Crippen molar-refractivity contribution in [1.82, 2.24) is 0 Å². The summed E-state index contributed by atoms with van der Waals surface area (Å²) in [5.41, 5.74) is 5.63. The van der Waals surface area contributed by atoms with Crippen LogP contribution in [-0.4, -0.2) is 0 Å². The SMILES string of the molecule is CCCC1=CC(C2(C)CCC(C)(C)C3=C2CC=C3)C=C1. The van der Waals surface area contributed by atoms with E-state index in [9.17, 15) is 0 Å². The maximum atomic E-state index is 2.55. The second-order valence-electron chi connectivity index (χ2n) is 7.68. The molecule has 0 heteroatoms. The van der Waals surface area contributed by atoms with Gasteiger partial charge >= 0.3 is 0 Å². The Bertz CT molecular complexity index is 524. The monoisotopic (exact) mass is 268 g/mol. The van der Waals surface area contributed by atoms with E-state index >= 15 is 0 Å². The van der Waals surface area contributed by atoms with Crippen molar-refractivity contribution in [1.29, 1.82) is 0 Å². The third kappa shape index (κ3) is 2.05. The molecule has 3 aliphatic carbocycles. The van der Waals surface area contributed by atoms with Gasteiger partial charge in [-0.15, -0.1) is 0 Å². The highest BCUT2D eigenvalue weighted by Crippen LogP contribution is 2.57.